The van der Waals surface area contributed by atoms with Crippen LogP contribution in [0.4, 0.5) is 0 Å². The van der Waals surface area contributed by atoms with E-state index in [1.807, 2.05) is 4.68 Å². The maximum Gasteiger partial charge on any atom is 0.161 e. The van der Waals surface area contributed by atoms with Crippen LogP contribution in [-0.2, 0) is 6.54 Å². The molecule has 1 atom stereocenters. The molecule has 0 amide bonds. The molecule has 1 unspecified atom stereocenters. The van der Waals surface area contributed by atoms with E-state index in [9.17, 15) is 0 Å². The van der Waals surface area contributed by atoms with Gasteiger partial charge in [-0.15, -0.1) is 0 Å². The number of nitrogens with two attached hydrogens (primary N) is 1. The summed E-state index contributed by atoms with van der Waals surface area (Å²) >= 11 is 0. The lowest BCUT2D eigenvalue weighted by molar-refractivity contribution is 0.199. The number of rotatable bonds is 5. The minimum absolute atomic E-state index is 0.0421. The molecule has 1 aliphatic carbocycles. The molecule has 0 bridgehead atoms. The van der Waals surface area contributed by atoms with Crippen LogP contribution >= 0.6 is 0 Å². The van der Waals surface area contributed by atoms with Gasteiger partial charge in [0.1, 0.15) is 0 Å². The summed E-state index contributed by atoms with van der Waals surface area (Å²) in [6, 6.07) is 0.0421. The van der Waals surface area contributed by atoms with Crippen molar-refractivity contribution < 1.29 is 4.74 Å². The number of hydrogen-bond acceptors (Lipinski definition) is 3. The first-order chi connectivity index (χ1) is 9.58. The molecule has 1 aliphatic rings. The summed E-state index contributed by atoms with van der Waals surface area (Å²) < 4.78 is 7.42. The second-order valence-corrected chi connectivity index (χ2v) is 6.36. The Kier molecular flexibility index (Phi) is 5.08. The van der Waals surface area contributed by atoms with Crippen LogP contribution in [0.1, 0.15) is 58.2 Å². The molecule has 0 radical (unpaired) electrons. The maximum atomic E-state index is 6.55. The van der Waals surface area contributed by atoms with Gasteiger partial charge in [-0.05, 0) is 50.4 Å². The molecule has 0 aliphatic heterocycles. The Morgan fingerprint density at radius 1 is 1.30 bits per heavy atom. The van der Waals surface area contributed by atoms with Gasteiger partial charge in [-0.2, -0.15) is 5.10 Å². The second-order valence-electron chi connectivity index (χ2n) is 6.36. The number of aryl methyl sites for hydroxylation is 1. The molecular weight excluding hydrogens is 250 g/mol. The summed E-state index contributed by atoms with van der Waals surface area (Å²) in [5.74, 6) is 3.06. The van der Waals surface area contributed by atoms with Gasteiger partial charge in [-0.1, -0.05) is 13.8 Å². The lowest BCUT2D eigenvalue weighted by atomic mass is 9.74. The van der Waals surface area contributed by atoms with Crippen LogP contribution in [0.15, 0.2) is 6.20 Å². The van der Waals surface area contributed by atoms with Gasteiger partial charge in [0.2, 0.25) is 0 Å². The number of methoxy groups -OCH3 is 1. The van der Waals surface area contributed by atoms with Crippen molar-refractivity contribution in [2.75, 3.05) is 7.11 Å². The molecule has 2 rings (SSSR count). The zero-order valence-corrected chi connectivity index (χ0v) is 13.3. The van der Waals surface area contributed by atoms with Crippen molar-refractivity contribution in [1.29, 1.82) is 0 Å². The minimum atomic E-state index is 0.0421. The molecule has 0 aromatic carbocycles. The lowest BCUT2D eigenvalue weighted by Gasteiger charge is -2.34. The average Bonchev–Trinajstić information content (AvgIpc) is 2.89. The summed E-state index contributed by atoms with van der Waals surface area (Å²) in [7, 11) is 1.70. The molecule has 4 heteroatoms. The zero-order valence-electron chi connectivity index (χ0n) is 13.3. The fourth-order valence-electron chi connectivity index (χ4n) is 3.52. The van der Waals surface area contributed by atoms with Gasteiger partial charge in [0.25, 0.3) is 0 Å². The summed E-state index contributed by atoms with van der Waals surface area (Å²) in [4.78, 5) is 0. The van der Waals surface area contributed by atoms with E-state index >= 15 is 0 Å². The third kappa shape index (κ3) is 3.00. The quantitative estimate of drug-likeness (QED) is 0.899. The highest BCUT2D eigenvalue weighted by molar-refractivity contribution is 5.28. The van der Waals surface area contributed by atoms with Crippen molar-refractivity contribution in [3.05, 3.63) is 11.9 Å². The maximum absolute atomic E-state index is 6.55. The van der Waals surface area contributed by atoms with Crippen LogP contribution in [0.3, 0.4) is 0 Å². The Balaban J connectivity index is 2.08. The Hall–Kier alpha value is -1.03. The average molecular weight is 279 g/mol. The SMILES string of the molecule is CCn1ncc(OC)c1C(N)C1CCC(C(C)C)CC1. The fourth-order valence-corrected chi connectivity index (χ4v) is 3.52. The molecule has 4 nitrogen and oxygen atoms in total. The molecule has 20 heavy (non-hydrogen) atoms. The standard InChI is InChI=1S/C16H29N3O/c1-5-19-16(14(20-4)10-18-19)15(17)13-8-6-12(7-9-13)11(2)3/h10-13,15H,5-9,17H2,1-4H3. The molecule has 2 N–H and O–H groups in total. The van der Waals surface area contributed by atoms with Gasteiger partial charge in [0, 0.05) is 6.54 Å². The molecule has 0 saturated heterocycles. The number of nitrogens with zero attached hydrogens (tertiary/aromatic N) is 2. The van der Waals surface area contributed by atoms with Crippen molar-refractivity contribution in [2.45, 2.75) is 59.0 Å². The van der Waals surface area contributed by atoms with E-state index in [4.69, 9.17) is 10.5 Å². The monoisotopic (exact) mass is 279 g/mol. The van der Waals surface area contributed by atoms with Crippen molar-refractivity contribution in [3.8, 4) is 5.75 Å². The molecule has 1 fully saturated rings. The van der Waals surface area contributed by atoms with Gasteiger partial charge < -0.3 is 10.5 Å². The van der Waals surface area contributed by atoms with E-state index in [-0.39, 0.29) is 6.04 Å². The van der Waals surface area contributed by atoms with Crippen molar-refractivity contribution in [1.82, 2.24) is 9.78 Å². The van der Waals surface area contributed by atoms with Crippen LogP contribution in [0.5, 0.6) is 5.75 Å². The van der Waals surface area contributed by atoms with Crippen LogP contribution in [0.2, 0.25) is 0 Å². The van der Waals surface area contributed by atoms with Gasteiger partial charge in [-0.3, -0.25) is 4.68 Å². The molecule has 1 aromatic heterocycles. The predicted molar refractivity (Wildman–Crippen MR) is 81.7 cm³/mol. The Labute approximate surface area is 122 Å². The normalized spacial score (nSPS) is 24.9. The Bertz CT molecular complexity index is 398. The van der Waals surface area contributed by atoms with E-state index in [0.29, 0.717) is 5.92 Å². The first-order valence-corrected chi connectivity index (χ1v) is 7.93. The fraction of sp³-hybridized carbons (Fsp3) is 0.812. The predicted octanol–water partition coefficient (Wildman–Crippen LogP) is 3.37. The van der Waals surface area contributed by atoms with Crippen LogP contribution in [0.25, 0.3) is 0 Å². The summed E-state index contributed by atoms with van der Waals surface area (Å²) in [6.07, 6.45) is 6.85. The summed E-state index contributed by atoms with van der Waals surface area (Å²) in [5.41, 5.74) is 7.62. The summed E-state index contributed by atoms with van der Waals surface area (Å²) in [5, 5.41) is 4.38. The first-order valence-electron chi connectivity index (χ1n) is 7.93. The van der Waals surface area contributed by atoms with E-state index in [1.54, 1.807) is 13.3 Å². The summed E-state index contributed by atoms with van der Waals surface area (Å²) in [6.45, 7) is 7.60. The molecule has 1 aromatic rings. The van der Waals surface area contributed by atoms with Gasteiger partial charge >= 0.3 is 0 Å². The molecule has 1 saturated carbocycles. The second kappa shape index (κ2) is 6.61. The van der Waals surface area contributed by atoms with E-state index in [2.05, 4.69) is 25.9 Å². The van der Waals surface area contributed by atoms with E-state index in [0.717, 1.165) is 29.8 Å². The van der Waals surface area contributed by atoms with Crippen molar-refractivity contribution in [2.24, 2.45) is 23.5 Å². The van der Waals surface area contributed by atoms with Crippen molar-refractivity contribution in [3.63, 3.8) is 0 Å². The minimum Gasteiger partial charge on any atom is -0.493 e. The highest BCUT2D eigenvalue weighted by atomic mass is 16.5. The molecule has 114 valence electrons. The van der Waals surface area contributed by atoms with E-state index < -0.39 is 0 Å². The highest BCUT2D eigenvalue weighted by Gasteiger charge is 2.31. The number of ether oxygens (including phenoxy) is 1. The topological polar surface area (TPSA) is 53.1 Å². The molecular formula is C16H29N3O. The third-order valence-electron chi connectivity index (χ3n) is 4.95. The zero-order chi connectivity index (χ0) is 14.7. The Morgan fingerprint density at radius 3 is 2.40 bits per heavy atom. The third-order valence-corrected chi connectivity index (χ3v) is 4.95. The number of hydrogen-bond donors (Lipinski definition) is 1. The Morgan fingerprint density at radius 2 is 1.90 bits per heavy atom. The highest BCUT2D eigenvalue weighted by Crippen LogP contribution is 2.40. The number of aromatic nitrogens is 2. The molecule has 0 spiro atoms. The lowest BCUT2D eigenvalue weighted by Crippen LogP contribution is -2.29. The van der Waals surface area contributed by atoms with Gasteiger partial charge in [0.15, 0.2) is 5.75 Å². The smallest absolute Gasteiger partial charge is 0.161 e. The van der Waals surface area contributed by atoms with Gasteiger partial charge in [0.05, 0.1) is 25.0 Å². The first kappa shape index (κ1) is 15.4. The van der Waals surface area contributed by atoms with Crippen LogP contribution in [0, 0.1) is 17.8 Å². The van der Waals surface area contributed by atoms with Crippen LogP contribution < -0.4 is 10.5 Å². The van der Waals surface area contributed by atoms with Crippen LogP contribution in [-0.4, -0.2) is 16.9 Å². The van der Waals surface area contributed by atoms with E-state index in [1.165, 1.54) is 25.7 Å². The van der Waals surface area contributed by atoms with Crippen molar-refractivity contribution >= 4 is 0 Å². The van der Waals surface area contributed by atoms with Gasteiger partial charge in [-0.25, -0.2) is 0 Å². The molecule has 1 heterocycles. The largest absolute Gasteiger partial charge is 0.493 e.